The molecular weight excluding hydrogens is 984 g/mol. The maximum Gasteiger partial charge on any atom is 0.472 e. The second-order valence-electron chi connectivity index (χ2n) is 23.8. The first-order valence-electron chi connectivity index (χ1n) is 33.3. The molecule has 0 fully saturated rings. The van der Waals surface area contributed by atoms with Crippen molar-refractivity contribution in [2.75, 3.05) is 40.9 Å². The molecule has 3 atom stereocenters. The fraction of sp³-hybridized carbons (Fsp3) is 0.812. The Kier molecular flexibility index (Phi) is 58.0. The van der Waals surface area contributed by atoms with Gasteiger partial charge in [0.05, 0.1) is 39.9 Å². The summed E-state index contributed by atoms with van der Waals surface area (Å²) in [5, 5.41) is 14.0. The van der Waals surface area contributed by atoms with E-state index in [1.807, 2.05) is 27.2 Å². The topological polar surface area (TPSA) is 105 Å². The van der Waals surface area contributed by atoms with Crippen LogP contribution in [0.2, 0.25) is 0 Å². The summed E-state index contributed by atoms with van der Waals surface area (Å²) in [4.78, 5) is 23.4. The molecule has 0 aliphatic carbocycles. The second kappa shape index (κ2) is 59.6. The number of nitrogens with zero attached hydrogens (tertiary/aromatic N) is 1. The summed E-state index contributed by atoms with van der Waals surface area (Å²) < 4.78 is 23.8. The molecule has 0 saturated heterocycles. The molecule has 3 N–H and O–H groups in total. The van der Waals surface area contributed by atoms with E-state index in [4.69, 9.17) is 9.05 Å². The van der Waals surface area contributed by atoms with Gasteiger partial charge in [0.2, 0.25) is 5.91 Å². The molecule has 0 aromatic heterocycles. The minimum Gasteiger partial charge on any atom is -0.387 e. The van der Waals surface area contributed by atoms with Gasteiger partial charge >= 0.3 is 7.82 Å². The van der Waals surface area contributed by atoms with Gasteiger partial charge in [-0.1, -0.05) is 311 Å². The Balaban J connectivity index is 3.94. The highest BCUT2D eigenvalue weighted by atomic mass is 31.2. The number of nitrogens with one attached hydrogen (secondary N) is 1. The van der Waals surface area contributed by atoms with Gasteiger partial charge in [0.25, 0.3) is 0 Å². The lowest BCUT2D eigenvalue weighted by molar-refractivity contribution is -0.870. The number of carbonyl (C=O) groups excluding carboxylic acids is 1. The summed E-state index contributed by atoms with van der Waals surface area (Å²) in [6, 6.07) is -0.847. The second-order valence-corrected chi connectivity index (χ2v) is 25.3. The first-order chi connectivity index (χ1) is 38.0. The molecule has 0 bridgehead atoms. The van der Waals surface area contributed by atoms with Crippen LogP contribution >= 0.6 is 7.82 Å². The van der Waals surface area contributed by atoms with E-state index < -0.39 is 20.0 Å². The number of quaternary nitrogens is 1. The van der Waals surface area contributed by atoms with E-state index >= 15 is 0 Å². The van der Waals surface area contributed by atoms with Crippen LogP contribution in [-0.2, 0) is 18.4 Å². The van der Waals surface area contributed by atoms with E-state index in [-0.39, 0.29) is 19.1 Å². The molecular formula is C69H130N2O6P+. The number of aliphatic hydroxyl groups is 1. The third-order valence-corrected chi connectivity index (χ3v) is 15.9. The molecule has 456 valence electrons. The Morgan fingerprint density at radius 1 is 0.449 bits per heavy atom. The summed E-state index contributed by atoms with van der Waals surface area (Å²) in [6.45, 7) is 4.73. The quantitative estimate of drug-likeness (QED) is 0.0243. The summed E-state index contributed by atoms with van der Waals surface area (Å²) in [6.07, 6.45) is 83.3. The van der Waals surface area contributed by atoms with Gasteiger partial charge in [-0.25, -0.2) is 4.57 Å². The predicted molar refractivity (Wildman–Crippen MR) is 341 cm³/mol. The van der Waals surface area contributed by atoms with Crippen LogP contribution in [0.5, 0.6) is 0 Å². The zero-order chi connectivity index (χ0) is 57.0. The van der Waals surface area contributed by atoms with Gasteiger partial charge in [0.15, 0.2) is 0 Å². The molecule has 8 nitrogen and oxygen atoms in total. The fourth-order valence-electron chi connectivity index (χ4n) is 9.78. The molecule has 0 aromatic rings. The lowest BCUT2D eigenvalue weighted by atomic mass is 10.0. The van der Waals surface area contributed by atoms with Crippen LogP contribution in [0.4, 0.5) is 0 Å². The summed E-state index contributed by atoms with van der Waals surface area (Å²) in [7, 11) is 1.58. The maximum atomic E-state index is 13.0. The van der Waals surface area contributed by atoms with Crippen molar-refractivity contribution in [3.05, 3.63) is 72.9 Å². The Bertz CT molecular complexity index is 1500. The van der Waals surface area contributed by atoms with E-state index in [0.29, 0.717) is 17.4 Å². The van der Waals surface area contributed by atoms with Crippen LogP contribution in [0, 0.1) is 0 Å². The number of unbranched alkanes of at least 4 members (excludes halogenated alkanes) is 38. The molecule has 0 radical (unpaired) electrons. The predicted octanol–water partition coefficient (Wildman–Crippen LogP) is 21.0. The van der Waals surface area contributed by atoms with Gasteiger partial charge in [-0.2, -0.15) is 0 Å². The average molecular weight is 1110 g/mol. The highest BCUT2D eigenvalue weighted by Crippen LogP contribution is 2.43. The van der Waals surface area contributed by atoms with Crippen molar-refractivity contribution >= 4 is 13.7 Å². The molecule has 9 heteroatoms. The number of hydrogen-bond donors (Lipinski definition) is 3. The number of aliphatic hydroxyl groups excluding tert-OH is 1. The van der Waals surface area contributed by atoms with Gasteiger partial charge in [-0.3, -0.25) is 13.8 Å². The van der Waals surface area contributed by atoms with Crippen LogP contribution in [0.1, 0.15) is 309 Å². The third-order valence-electron chi connectivity index (χ3n) is 14.9. The molecule has 1 amide bonds. The van der Waals surface area contributed by atoms with Crippen LogP contribution in [0.25, 0.3) is 0 Å². The minimum atomic E-state index is -4.35. The van der Waals surface area contributed by atoms with Gasteiger partial charge in [0.1, 0.15) is 13.2 Å². The molecule has 78 heavy (non-hydrogen) atoms. The third kappa shape index (κ3) is 61.6. The normalized spacial score (nSPS) is 14.2. The number of rotatable bonds is 61. The first-order valence-corrected chi connectivity index (χ1v) is 34.8. The van der Waals surface area contributed by atoms with E-state index in [1.165, 1.54) is 218 Å². The van der Waals surface area contributed by atoms with Crippen LogP contribution < -0.4 is 5.32 Å². The van der Waals surface area contributed by atoms with E-state index in [1.54, 1.807) is 6.08 Å². The summed E-state index contributed by atoms with van der Waals surface area (Å²) >= 11 is 0. The number of amides is 1. The number of allylic oxidation sites excluding steroid dienone is 11. The zero-order valence-electron chi connectivity index (χ0n) is 52.2. The Morgan fingerprint density at radius 3 is 1.13 bits per heavy atom. The first kappa shape index (κ1) is 75.9. The number of hydrogen-bond acceptors (Lipinski definition) is 5. The molecule has 0 heterocycles. The van der Waals surface area contributed by atoms with Crippen molar-refractivity contribution in [2.45, 2.75) is 321 Å². The number of phosphoric ester groups is 1. The van der Waals surface area contributed by atoms with Crippen LogP contribution in [0.3, 0.4) is 0 Å². The molecule has 0 aliphatic heterocycles. The fourth-order valence-corrected chi connectivity index (χ4v) is 10.5. The van der Waals surface area contributed by atoms with Crippen molar-refractivity contribution in [1.29, 1.82) is 0 Å². The lowest BCUT2D eigenvalue weighted by Crippen LogP contribution is -2.45. The molecule has 3 unspecified atom stereocenters. The minimum absolute atomic E-state index is 0.0621. The highest BCUT2D eigenvalue weighted by molar-refractivity contribution is 7.47. The SMILES string of the molecule is CC/C=C\C/C=C\C/C=C\C/C=C\C/C=C\CCCCCCCCCCCCCCCCCCCCCCCCCC(=O)NC(COP(=O)(O)OCC[N+](C)(C)C)C(O)/C=C/CCCCCCCCCCCCCCCCC. The molecule has 0 spiro atoms. The Labute approximate surface area is 484 Å². The van der Waals surface area contributed by atoms with Crippen LogP contribution in [-0.4, -0.2) is 73.4 Å². The molecule has 0 aliphatic rings. The Morgan fingerprint density at radius 2 is 0.769 bits per heavy atom. The van der Waals surface area contributed by atoms with Crippen LogP contribution in [0.15, 0.2) is 72.9 Å². The maximum absolute atomic E-state index is 13.0. The summed E-state index contributed by atoms with van der Waals surface area (Å²) in [5.41, 5.74) is 0. The molecule has 0 aromatic carbocycles. The van der Waals surface area contributed by atoms with E-state index in [0.717, 1.165) is 70.6 Å². The van der Waals surface area contributed by atoms with Crippen molar-refractivity contribution in [3.8, 4) is 0 Å². The van der Waals surface area contributed by atoms with Gasteiger partial charge in [-0.05, 0) is 64.2 Å². The largest absolute Gasteiger partial charge is 0.472 e. The average Bonchev–Trinajstić information content (AvgIpc) is 3.40. The smallest absolute Gasteiger partial charge is 0.387 e. The number of carbonyl (C=O) groups is 1. The summed E-state index contributed by atoms with van der Waals surface area (Å²) in [5.74, 6) is -0.173. The molecule has 0 rings (SSSR count). The van der Waals surface area contributed by atoms with Gasteiger partial charge in [-0.15, -0.1) is 0 Å². The highest BCUT2D eigenvalue weighted by Gasteiger charge is 2.28. The van der Waals surface area contributed by atoms with E-state index in [2.05, 4.69) is 79.9 Å². The van der Waals surface area contributed by atoms with Gasteiger partial charge < -0.3 is 19.8 Å². The Hall–Kier alpha value is -2.06. The lowest BCUT2D eigenvalue weighted by Gasteiger charge is -2.25. The monoisotopic (exact) mass is 1110 g/mol. The van der Waals surface area contributed by atoms with Crippen molar-refractivity contribution in [1.82, 2.24) is 5.32 Å². The number of likely N-dealkylation sites (N-methyl/N-ethyl adjacent to an activating group) is 1. The van der Waals surface area contributed by atoms with E-state index in [9.17, 15) is 19.4 Å². The van der Waals surface area contributed by atoms with Crippen molar-refractivity contribution < 1.29 is 32.9 Å². The number of phosphoric acid groups is 1. The standard InChI is InChI=1S/C69H129N2O6P/c1-6-8-10-12-14-16-18-20-22-24-25-26-27-28-29-30-31-32-33-34-35-36-37-38-39-40-41-42-43-44-45-47-49-51-53-55-57-59-61-63-69(73)70-67(66-77-78(74,75)76-65-64-71(3,4)5)68(72)62-60-58-56-54-52-50-48-46-23-21-19-17-15-13-11-9-7-2/h8,10,14,16,20,22,25-26,28-29,60,62,67-68,72H,6-7,9,11-13,15,17-19,21,23-24,27,30-59,61,63-66H2,1-5H3,(H-,70,73,74,75)/p+1/b10-8-,16-14-,22-20-,26-25-,29-28-,62-60+. The molecule has 0 saturated carbocycles. The van der Waals surface area contributed by atoms with Gasteiger partial charge in [0, 0.05) is 6.42 Å². The van der Waals surface area contributed by atoms with Crippen molar-refractivity contribution in [3.63, 3.8) is 0 Å². The van der Waals surface area contributed by atoms with Crippen molar-refractivity contribution in [2.24, 2.45) is 0 Å². The zero-order valence-corrected chi connectivity index (χ0v) is 53.0.